The van der Waals surface area contributed by atoms with E-state index in [4.69, 9.17) is 4.42 Å². The lowest BCUT2D eigenvalue weighted by atomic mass is 10.1. The maximum absolute atomic E-state index is 12.8. The Morgan fingerprint density at radius 2 is 1.81 bits per heavy atom. The molecule has 1 aromatic heterocycles. The van der Waals surface area contributed by atoms with Gasteiger partial charge >= 0.3 is 0 Å². The van der Waals surface area contributed by atoms with Crippen LogP contribution >= 0.6 is 0 Å². The summed E-state index contributed by atoms with van der Waals surface area (Å²) in [6.07, 6.45) is 1.62. The van der Waals surface area contributed by atoms with Crippen LogP contribution < -0.4 is 5.32 Å². The molecule has 7 nitrogen and oxygen atoms in total. The van der Waals surface area contributed by atoms with Crippen molar-refractivity contribution in [3.63, 3.8) is 0 Å². The van der Waals surface area contributed by atoms with Gasteiger partial charge in [-0.25, -0.2) is 4.98 Å². The Balaban J connectivity index is 1.67. The molecule has 27 heavy (non-hydrogen) atoms. The first kappa shape index (κ1) is 18.9. The van der Waals surface area contributed by atoms with Gasteiger partial charge in [-0.1, -0.05) is 6.07 Å². The van der Waals surface area contributed by atoms with Crippen molar-refractivity contribution in [2.75, 3.05) is 31.5 Å². The van der Waals surface area contributed by atoms with Gasteiger partial charge in [-0.2, -0.15) is 0 Å². The second-order valence-corrected chi connectivity index (χ2v) is 7.02. The topological polar surface area (TPSA) is 78.7 Å². The number of anilines is 1. The van der Waals surface area contributed by atoms with Crippen molar-refractivity contribution in [3.8, 4) is 11.5 Å². The summed E-state index contributed by atoms with van der Waals surface area (Å²) in [6.45, 7) is 9.62. The molecule has 1 atom stereocenters. The van der Waals surface area contributed by atoms with E-state index in [2.05, 4.69) is 10.3 Å². The van der Waals surface area contributed by atoms with E-state index >= 15 is 0 Å². The molecule has 1 N–H and O–H groups in total. The van der Waals surface area contributed by atoms with Gasteiger partial charge in [-0.3, -0.25) is 9.59 Å². The fraction of sp³-hybridized carbons (Fsp3) is 0.450. The van der Waals surface area contributed by atoms with Crippen LogP contribution in [-0.4, -0.2) is 58.8 Å². The van der Waals surface area contributed by atoms with Gasteiger partial charge in [0, 0.05) is 44.4 Å². The van der Waals surface area contributed by atoms with Gasteiger partial charge in [-0.05, 0) is 38.5 Å². The van der Waals surface area contributed by atoms with Crippen molar-refractivity contribution in [2.45, 2.75) is 33.7 Å². The molecule has 1 aliphatic rings. The first-order chi connectivity index (χ1) is 12.8. The average molecular weight is 370 g/mol. The Morgan fingerprint density at radius 1 is 1.15 bits per heavy atom. The molecule has 2 amide bonds. The molecule has 0 aliphatic carbocycles. The molecule has 1 saturated heterocycles. The largest absolute Gasteiger partial charge is 0.444 e. The SMILES string of the molecule is CC(=O)N1CCN(C(=O)C(C)Nc2cc(-c3nc(C)co3)ccc2C)CC1. The van der Waals surface area contributed by atoms with E-state index in [1.807, 2.05) is 43.9 Å². The average Bonchev–Trinajstić information content (AvgIpc) is 3.09. The number of piperazine rings is 1. The zero-order valence-corrected chi connectivity index (χ0v) is 16.3. The maximum Gasteiger partial charge on any atom is 0.244 e. The summed E-state index contributed by atoms with van der Waals surface area (Å²) < 4.78 is 5.48. The van der Waals surface area contributed by atoms with Crippen LogP contribution in [-0.2, 0) is 9.59 Å². The van der Waals surface area contributed by atoms with Gasteiger partial charge in [-0.15, -0.1) is 0 Å². The molecule has 1 aromatic carbocycles. The van der Waals surface area contributed by atoms with Crippen molar-refractivity contribution in [1.29, 1.82) is 0 Å². The minimum absolute atomic E-state index is 0.0370. The Hall–Kier alpha value is -2.83. The molecule has 1 fully saturated rings. The number of nitrogens with one attached hydrogen (secondary N) is 1. The van der Waals surface area contributed by atoms with Crippen LogP contribution in [0.25, 0.3) is 11.5 Å². The summed E-state index contributed by atoms with van der Waals surface area (Å²) in [5, 5.41) is 3.32. The number of oxazole rings is 1. The second-order valence-electron chi connectivity index (χ2n) is 7.02. The molecule has 0 saturated carbocycles. The first-order valence-electron chi connectivity index (χ1n) is 9.19. The predicted molar refractivity (Wildman–Crippen MR) is 103 cm³/mol. The quantitative estimate of drug-likeness (QED) is 0.894. The third-order valence-electron chi connectivity index (χ3n) is 4.88. The molecule has 0 radical (unpaired) electrons. The number of nitrogens with zero attached hydrogens (tertiary/aromatic N) is 3. The number of amides is 2. The molecule has 1 unspecified atom stereocenters. The van der Waals surface area contributed by atoms with Crippen LogP contribution in [0.2, 0.25) is 0 Å². The van der Waals surface area contributed by atoms with E-state index in [0.29, 0.717) is 32.1 Å². The highest BCUT2D eigenvalue weighted by molar-refractivity contribution is 5.85. The van der Waals surface area contributed by atoms with Crippen LogP contribution in [0.4, 0.5) is 5.69 Å². The number of hydrogen-bond donors (Lipinski definition) is 1. The number of benzene rings is 1. The van der Waals surface area contributed by atoms with Gasteiger partial charge in [0.2, 0.25) is 17.7 Å². The highest BCUT2D eigenvalue weighted by Crippen LogP contribution is 2.25. The molecular weight excluding hydrogens is 344 g/mol. The van der Waals surface area contributed by atoms with E-state index in [1.54, 1.807) is 18.1 Å². The molecule has 2 heterocycles. The normalized spacial score (nSPS) is 15.6. The minimum Gasteiger partial charge on any atom is -0.444 e. The number of rotatable bonds is 4. The number of carbonyl (C=O) groups excluding carboxylic acids is 2. The van der Waals surface area contributed by atoms with Gasteiger partial charge in [0.25, 0.3) is 0 Å². The standard InChI is InChI=1S/C20H26N4O3/c1-13-5-6-17(19-21-14(2)12-27-19)11-18(13)22-15(3)20(26)24-9-7-23(8-10-24)16(4)25/h5-6,11-12,15,22H,7-10H2,1-4H3. The summed E-state index contributed by atoms with van der Waals surface area (Å²) in [6, 6.07) is 5.53. The highest BCUT2D eigenvalue weighted by Gasteiger charge is 2.26. The Kier molecular flexibility index (Phi) is 5.48. The van der Waals surface area contributed by atoms with E-state index < -0.39 is 0 Å². The van der Waals surface area contributed by atoms with Crippen LogP contribution in [0.5, 0.6) is 0 Å². The van der Waals surface area contributed by atoms with Crippen molar-refractivity contribution in [2.24, 2.45) is 0 Å². The summed E-state index contributed by atoms with van der Waals surface area (Å²) >= 11 is 0. The zero-order chi connectivity index (χ0) is 19.6. The smallest absolute Gasteiger partial charge is 0.244 e. The van der Waals surface area contributed by atoms with Crippen molar-refractivity contribution < 1.29 is 14.0 Å². The molecule has 7 heteroatoms. The maximum atomic E-state index is 12.8. The third kappa shape index (κ3) is 4.30. The van der Waals surface area contributed by atoms with Gasteiger partial charge < -0.3 is 19.5 Å². The lowest BCUT2D eigenvalue weighted by molar-refractivity contribution is -0.138. The van der Waals surface area contributed by atoms with Crippen LogP contribution in [0, 0.1) is 13.8 Å². The second kappa shape index (κ2) is 7.82. The first-order valence-corrected chi connectivity index (χ1v) is 9.19. The summed E-state index contributed by atoms with van der Waals surface area (Å²) in [5.74, 6) is 0.660. The monoisotopic (exact) mass is 370 g/mol. The molecule has 2 aromatic rings. The minimum atomic E-state index is -0.367. The van der Waals surface area contributed by atoms with Crippen LogP contribution in [0.3, 0.4) is 0 Å². The molecular formula is C20H26N4O3. The summed E-state index contributed by atoms with van der Waals surface area (Å²) in [4.78, 5) is 32.2. The van der Waals surface area contributed by atoms with Gasteiger partial charge in [0.15, 0.2) is 0 Å². The fourth-order valence-electron chi connectivity index (χ4n) is 3.21. The molecule has 0 bridgehead atoms. The lowest BCUT2D eigenvalue weighted by Gasteiger charge is -2.35. The van der Waals surface area contributed by atoms with Crippen LogP contribution in [0.1, 0.15) is 25.1 Å². The van der Waals surface area contributed by atoms with Crippen molar-refractivity contribution in [3.05, 3.63) is 35.7 Å². The molecule has 144 valence electrons. The molecule has 3 rings (SSSR count). The van der Waals surface area contributed by atoms with Crippen molar-refractivity contribution in [1.82, 2.24) is 14.8 Å². The van der Waals surface area contributed by atoms with Crippen LogP contribution in [0.15, 0.2) is 28.9 Å². The van der Waals surface area contributed by atoms with Crippen molar-refractivity contribution >= 4 is 17.5 Å². The highest BCUT2D eigenvalue weighted by atomic mass is 16.3. The number of aromatic nitrogens is 1. The van der Waals surface area contributed by atoms with E-state index in [9.17, 15) is 9.59 Å². The Bertz CT molecular complexity index is 838. The van der Waals surface area contributed by atoms with E-state index in [1.165, 1.54) is 0 Å². The molecule has 0 spiro atoms. The number of aryl methyl sites for hydroxylation is 2. The Labute approximate surface area is 159 Å². The van der Waals surface area contributed by atoms with Gasteiger partial charge in [0.05, 0.1) is 5.69 Å². The fourth-order valence-corrected chi connectivity index (χ4v) is 3.21. The lowest BCUT2D eigenvalue weighted by Crippen LogP contribution is -2.53. The Morgan fingerprint density at radius 3 is 2.41 bits per heavy atom. The third-order valence-corrected chi connectivity index (χ3v) is 4.88. The number of carbonyl (C=O) groups is 2. The zero-order valence-electron chi connectivity index (χ0n) is 16.3. The number of hydrogen-bond acceptors (Lipinski definition) is 5. The molecule has 1 aliphatic heterocycles. The summed E-state index contributed by atoms with van der Waals surface area (Å²) in [5.41, 5.74) is 3.62. The summed E-state index contributed by atoms with van der Waals surface area (Å²) in [7, 11) is 0. The van der Waals surface area contributed by atoms with E-state index in [-0.39, 0.29) is 17.9 Å². The van der Waals surface area contributed by atoms with Gasteiger partial charge in [0.1, 0.15) is 12.3 Å². The van der Waals surface area contributed by atoms with E-state index in [0.717, 1.165) is 22.5 Å². The predicted octanol–water partition coefficient (Wildman–Crippen LogP) is 2.45.